The maximum absolute atomic E-state index is 11.1. The highest BCUT2D eigenvalue weighted by atomic mass is 32.2. The van der Waals surface area contributed by atoms with Crippen LogP contribution in [0.1, 0.15) is 28.3 Å². The average Bonchev–Trinajstić information content (AvgIpc) is 3.19. The first kappa shape index (κ1) is 12.2. The van der Waals surface area contributed by atoms with Crippen molar-refractivity contribution in [3.63, 3.8) is 0 Å². The molecule has 2 atom stereocenters. The number of pyridine rings is 1. The Hall–Kier alpha value is -1.81. The van der Waals surface area contributed by atoms with Gasteiger partial charge < -0.3 is 5.11 Å². The van der Waals surface area contributed by atoms with Crippen molar-refractivity contribution < 1.29 is 9.90 Å². The number of hydrogen-bond acceptors (Lipinski definition) is 3. The Bertz CT molecular complexity index is 600. The average molecular weight is 271 g/mol. The van der Waals surface area contributed by atoms with E-state index in [4.69, 9.17) is 5.11 Å². The van der Waals surface area contributed by atoms with E-state index in [0.29, 0.717) is 21.8 Å². The van der Waals surface area contributed by atoms with Crippen LogP contribution in [0.5, 0.6) is 0 Å². The minimum absolute atomic E-state index is 0.297. The summed E-state index contributed by atoms with van der Waals surface area (Å²) < 4.78 is 0. The van der Waals surface area contributed by atoms with Crippen LogP contribution in [0.3, 0.4) is 0 Å². The number of aromatic carboxylic acids is 1. The summed E-state index contributed by atoms with van der Waals surface area (Å²) in [5.74, 6) is -0.387. The normalized spacial score (nSPS) is 21.1. The fourth-order valence-electron chi connectivity index (χ4n) is 2.14. The predicted molar refractivity (Wildman–Crippen MR) is 74.6 cm³/mol. The quantitative estimate of drug-likeness (QED) is 0.925. The predicted octanol–water partition coefficient (Wildman–Crippen LogP) is 3.43. The Labute approximate surface area is 115 Å². The summed E-state index contributed by atoms with van der Waals surface area (Å²) in [6.45, 7) is 0. The van der Waals surface area contributed by atoms with Crippen LogP contribution in [-0.4, -0.2) is 21.3 Å². The molecule has 0 bridgehead atoms. The molecule has 0 amide bonds. The number of hydrogen-bond donors (Lipinski definition) is 1. The molecule has 2 unspecified atom stereocenters. The molecule has 1 aliphatic rings. The summed E-state index contributed by atoms with van der Waals surface area (Å²) in [5, 5.41) is 10.2. The van der Waals surface area contributed by atoms with Crippen molar-refractivity contribution in [2.45, 2.75) is 22.6 Å². The van der Waals surface area contributed by atoms with Crippen LogP contribution < -0.4 is 0 Å². The molecule has 1 aliphatic carbocycles. The Morgan fingerprint density at radius 1 is 1.21 bits per heavy atom. The molecule has 96 valence electrons. The molecule has 3 nitrogen and oxygen atoms in total. The molecule has 19 heavy (non-hydrogen) atoms. The van der Waals surface area contributed by atoms with E-state index in [-0.39, 0.29) is 0 Å². The lowest BCUT2D eigenvalue weighted by Gasteiger charge is -2.04. The molecule has 1 fully saturated rings. The zero-order valence-electron chi connectivity index (χ0n) is 10.2. The number of carbonyl (C=O) groups is 1. The summed E-state index contributed by atoms with van der Waals surface area (Å²) in [5.41, 5.74) is 1.62. The molecule has 1 saturated carbocycles. The van der Waals surface area contributed by atoms with Gasteiger partial charge in [0.05, 0.1) is 5.56 Å². The van der Waals surface area contributed by atoms with Crippen molar-refractivity contribution in [3.8, 4) is 0 Å². The molecule has 3 rings (SSSR count). The molecular weight excluding hydrogens is 258 g/mol. The van der Waals surface area contributed by atoms with Crippen molar-refractivity contribution in [1.29, 1.82) is 0 Å². The van der Waals surface area contributed by atoms with E-state index in [1.807, 2.05) is 18.2 Å². The molecule has 0 saturated heterocycles. The Morgan fingerprint density at radius 2 is 2.00 bits per heavy atom. The second kappa shape index (κ2) is 5.05. The molecule has 1 aromatic heterocycles. The first-order valence-corrected chi connectivity index (χ1v) is 7.03. The van der Waals surface area contributed by atoms with Crippen molar-refractivity contribution >= 4 is 17.7 Å². The van der Waals surface area contributed by atoms with E-state index >= 15 is 0 Å². The van der Waals surface area contributed by atoms with Crippen LogP contribution in [-0.2, 0) is 0 Å². The lowest BCUT2D eigenvalue weighted by atomic mass is 10.1. The van der Waals surface area contributed by atoms with Gasteiger partial charge in [-0.1, -0.05) is 30.3 Å². The van der Waals surface area contributed by atoms with Gasteiger partial charge in [-0.3, -0.25) is 0 Å². The Kier molecular flexibility index (Phi) is 3.25. The van der Waals surface area contributed by atoms with E-state index in [1.165, 1.54) is 5.56 Å². The topological polar surface area (TPSA) is 50.2 Å². The highest BCUT2D eigenvalue weighted by molar-refractivity contribution is 8.00. The van der Waals surface area contributed by atoms with Crippen molar-refractivity contribution in [3.05, 3.63) is 59.8 Å². The number of thioether (sulfide) groups is 1. The fraction of sp³-hybridized carbons (Fsp3) is 0.200. The van der Waals surface area contributed by atoms with Gasteiger partial charge >= 0.3 is 5.97 Å². The van der Waals surface area contributed by atoms with Crippen molar-refractivity contribution in [1.82, 2.24) is 4.98 Å². The zero-order chi connectivity index (χ0) is 13.2. The van der Waals surface area contributed by atoms with E-state index in [1.54, 1.807) is 30.1 Å². The first-order valence-electron chi connectivity index (χ1n) is 6.15. The summed E-state index contributed by atoms with van der Waals surface area (Å²) in [7, 11) is 0. The smallest absolute Gasteiger partial charge is 0.338 e. The van der Waals surface area contributed by atoms with Gasteiger partial charge in [0.15, 0.2) is 0 Å². The number of aromatic nitrogens is 1. The first-order chi connectivity index (χ1) is 9.25. The van der Waals surface area contributed by atoms with Gasteiger partial charge in [-0.2, -0.15) is 0 Å². The van der Waals surface area contributed by atoms with E-state index in [9.17, 15) is 4.79 Å². The van der Waals surface area contributed by atoms with Gasteiger partial charge in [0.2, 0.25) is 0 Å². The lowest BCUT2D eigenvalue weighted by Crippen LogP contribution is -2.00. The number of carboxylic acid groups (broad SMARTS) is 1. The van der Waals surface area contributed by atoms with Crippen LogP contribution >= 0.6 is 11.8 Å². The lowest BCUT2D eigenvalue weighted by molar-refractivity contribution is 0.0692. The molecule has 0 spiro atoms. The van der Waals surface area contributed by atoms with Gasteiger partial charge in [-0.05, 0) is 30.0 Å². The molecule has 4 heteroatoms. The van der Waals surface area contributed by atoms with E-state index < -0.39 is 5.97 Å². The van der Waals surface area contributed by atoms with Gasteiger partial charge in [0.1, 0.15) is 5.03 Å². The van der Waals surface area contributed by atoms with Crippen LogP contribution in [0, 0.1) is 0 Å². The standard InChI is InChI=1S/C15H13NO2S/c17-15(18)11-7-4-8-16-14(11)19-13-9-12(13)10-5-2-1-3-6-10/h1-8,12-13H,9H2,(H,17,18). The van der Waals surface area contributed by atoms with Crippen molar-refractivity contribution in [2.75, 3.05) is 0 Å². The zero-order valence-corrected chi connectivity index (χ0v) is 11.0. The Balaban J connectivity index is 1.73. The van der Waals surface area contributed by atoms with E-state index in [0.717, 1.165) is 6.42 Å². The number of carboxylic acids is 1. The second-order valence-electron chi connectivity index (χ2n) is 4.57. The van der Waals surface area contributed by atoms with Gasteiger partial charge in [0, 0.05) is 11.4 Å². The summed E-state index contributed by atoms with van der Waals surface area (Å²) in [6, 6.07) is 13.6. The molecule has 2 aromatic rings. The van der Waals surface area contributed by atoms with Crippen LogP contribution in [0.2, 0.25) is 0 Å². The molecule has 1 heterocycles. The van der Waals surface area contributed by atoms with Gasteiger partial charge in [-0.15, -0.1) is 11.8 Å². The largest absolute Gasteiger partial charge is 0.478 e. The van der Waals surface area contributed by atoms with Gasteiger partial charge in [-0.25, -0.2) is 9.78 Å². The summed E-state index contributed by atoms with van der Waals surface area (Å²) in [6.07, 6.45) is 2.74. The third-order valence-electron chi connectivity index (χ3n) is 3.22. The maximum Gasteiger partial charge on any atom is 0.338 e. The molecule has 1 N–H and O–H groups in total. The molecular formula is C15H13NO2S. The molecule has 0 aliphatic heterocycles. The number of rotatable bonds is 4. The van der Waals surface area contributed by atoms with Crippen LogP contribution in [0.15, 0.2) is 53.7 Å². The fourth-order valence-corrected chi connectivity index (χ4v) is 3.46. The summed E-state index contributed by atoms with van der Waals surface area (Å²) >= 11 is 1.58. The minimum Gasteiger partial charge on any atom is -0.478 e. The van der Waals surface area contributed by atoms with Crippen molar-refractivity contribution in [2.24, 2.45) is 0 Å². The molecule has 0 radical (unpaired) electrons. The Morgan fingerprint density at radius 3 is 2.74 bits per heavy atom. The van der Waals surface area contributed by atoms with Crippen LogP contribution in [0.4, 0.5) is 0 Å². The molecule has 1 aromatic carbocycles. The van der Waals surface area contributed by atoms with Crippen LogP contribution in [0.25, 0.3) is 0 Å². The number of benzene rings is 1. The van der Waals surface area contributed by atoms with Gasteiger partial charge in [0.25, 0.3) is 0 Å². The minimum atomic E-state index is -0.910. The second-order valence-corrected chi connectivity index (χ2v) is 5.80. The highest BCUT2D eigenvalue weighted by Crippen LogP contribution is 2.51. The third kappa shape index (κ3) is 2.63. The third-order valence-corrected chi connectivity index (χ3v) is 4.60. The highest BCUT2D eigenvalue weighted by Gasteiger charge is 2.39. The van der Waals surface area contributed by atoms with E-state index in [2.05, 4.69) is 17.1 Å². The SMILES string of the molecule is O=C(O)c1cccnc1SC1CC1c1ccccc1. The monoisotopic (exact) mass is 271 g/mol. The maximum atomic E-state index is 11.1. The number of nitrogens with zero attached hydrogens (tertiary/aromatic N) is 1. The summed E-state index contributed by atoms with van der Waals surface area (Å²) in [4.78, 5) is 15.3.